The Bertz CT molecular complexity index is 658. The summed E-state index contributed by atoms with van der Waals surface area (Å²) in [6, 6.07) is 3.91. The van der Waals surface area contributed by atoms with Crippen molar-refractivity contribution in [2.75, 3.05) is 32.1 Å². The Hall–Kier alpha value is -1.99. The predicted molar refractivity (Wildman–Crippen MR) is 86.2 cm³/mol. The molecule has 7 heteroatoms. The number of ether oxygens (including phenoxy) is 1. The van der Waals surface area contributed by atoms with E-state index in [-0.39, 0.29) is 6.10 Å². The van der Waals surface area contributed by atoms with Crippen LogP contribution < -0.4 is 5.32 Å². The highest BCUT2D eigenvalue weighted by molar-refractivity contribution is 5.37. The summed E-state index contributed by atoms with van der Waals surface area (Å²) in [5, 5.41) is 7.27. The van der Waals surface area contributed by atoms with Crippen LogP contribution in [-0.2, 0) is 17.7 Å². The highest BCUT2D eigenvalue weighted by Crippen LogP contribution is 2.22. The number of nitrogens with zero attached hydrogens (tertiary/aromatic N) is 4. The number of anilines is 1. The molecule has 3 rings (SSSR count). The van der Waals surface area contributed by atoms with Crippen LogP contribution in [-0.4, -0.2) is 46.8 Å². The molecule has 1 aliphatic heterocycles. The van der Waals surface area contributed by atoms with Gasteiger partial charge in [-0.15, -0.1) is 0 Å². The molecule has 23 heavy (non-hydrogen) atoms. The number of rotatable bonds is 5. The van der Waals surface area contributed by atoms with Crippen LogP contribution in [0.25, 0.3) is 0 Å². The molecule has 1 saturated heterocycles. The number of hydrogen-bond donors (Lipinski definition) is 1. The summed E-state index contributed by atoms with van der Waals surface area (Å²) in [6.07, 6.45) is 0.861. The van der Waals surface area contributed by atoms with E-state index in [4.69, 9.17) is 9.26 Å². The largest absolute Gasteiger partial charge is 0.369 e. The lowest BCUT2D eigenvalue weighted by Gasteiger charge is -2.29. The zero-order valence-electron chi connectivity index (χ0n) is 13.9. The van der Waals surface area contributed by atoms with E-state index in [1.807, 2.05) is 19.1 Å². The highest BCUT2D eigenvalue weighted by Gasteiger charge is 2.21. The lowest BCUT2D eigenvalue weighted by atomic mass is 10.2. The van der Waals surface area contributed by atoms with E-state index in [2.05, 4.69) is 39.3 Å². The standard InChI is InChI=1S/C16H23N5O2/c1-4-12-7-13(23-20-12)9-17-16-8-14(18-11(2)19-16)15-10-21(3)5-6-22-15/h7-8,15H,4-6,9-10H2,1-3H3,(H,17,18,19)/t15-/m1/s1. The van der Waals surface area contributed by atoms with Gasteiger partial charge in [0.25, 0.3) is 0 Å². The van der Waals surface area contributed by atoms with E-state index in [9.17, 15) is 0 Å². The van der Waals surface area contributed by atoms with E-state index >= 15 is 0 Å². The van der Waals surface area contributed by atoms with Crippen molar-refractivity contribution in [3.63, 3.8) is 0 Å². The summed E-state index contributed by atoms with van der Waals surface area (Å²) in [5.41, 5.74) is 1.87. The van der Waals surface area contributed by atoms with Gasteiger partial charge in [0, 0.05) is 25.2 Å². The Labute approximate surface area is 136 Å². The molecule has 0 saturated carbocycles. The molecule has 0 unspecified atom stereocenters. The fourth-order valence-corrected chi connectivity index (χ4v) is 2.59. The Morgan fingerprint density at radius 2 is 2.22 bits per heavy atom. The lowest BCUT2D eigenvalue weighted by Crippen LogP contribution is -2.35. The first-order valence-corrected chi connectivity index (χ1v) is 7.98. The predicted octanol–water partition coefficient (Wildman–Crippen LogP) is 1.95. The van der Waals surface area contributed by atoms with Crippen molar-refractivity contribution in [3.05, 3.63) is 35.1 Å². The molecule has 124 valence electrons. The van der Waals surface area contributed by atoms with Crippen LogP contribution in [0.2, 0.25) is 0 Å². The van der Waals surface area contributed by atoms with Crippen LogP contribution in [0.3, 0.4) is 0 Å². The second-order valence-electron chi connectivity index (χ2n) is 5.84. The molecule has 0 bridgehead atoms. The average molecular weight is 317 g/mol. The van der Waals surface area contributed by atoms with Gasteiger partial charge in [0.15, 0.2) is 5.76 Å². The topological polar surface area (TPSA) is 76.3 Å². The second kappa shape index (κ2) is 7.06. The Kier molecular flexibility index (Phi) is 4.88. The molecule has 3 heterocycles. The van der Waals surface area contributed by atoms with Gasteiger partial charge < -0.3 is 19.5 Å². The number of likely N-dealkylation sites (N-methyl/N-ethyl adjacent to an activating group) is 1. The number of aryl methyl sites for hydroxylation is 2. The summed E-state index contributed by atoms with van der Waals surface area (Å²) < 4.78 is 11.1. The Balaban J connectivity index is 1.69. The first-order chi connectivity index (χ1) is 11.1. The third-order valence-electron chi connectivity index (χ3n) is 3.87. The Morgan fingerprint density at radius 1 is 1.35 bits per heavy atom. The first-order valence-electron chi connectivity index (χ1n) is 7.98. The Morgan fingerprint density at radius 3 is 2.96 bits per heavy atom. The summed E-state index contributed by atoms with van der Waals surface area (Å²) in [7, 11) is 2.10. The van der Waals surface area contributed by atoms with Gasteiger partial charge in [-0.25, -0.2) is 9.97 Å². The number of nitrogens with one attached hydrogen (secondary N) is 1. The number of hydrogen-bond acceptors (Lipinski definition) is 7. The van der Waals surface area contributed by atoms with E-state index in [1.165, 1.54) is 0 Å². The van der Waals surface area contributed by atoms with Gasteiger partial charge in [-0.3, -0.25) is 0 Å². The molecule has 1 atom stereocenters. The molecule has 1 N–H and O–H groups in total. The zero-order chi connectivity index (χ0) is 16.2. The van der Waals surface area contributed by atoms with Crippen molar-refractivity contribution in [1.29, 1.82) is 0 Å². The fraction of sp³-hybridized carbons (Fsp3) is 0.562. The van der Waals surface area contributed by atoms with Gasteiger partial charge in [-0.2, -0.15) is 0 Å². The minimum Gasteiger partial charge on any atom is -0.369 e. The fourth-order valence-electron chi connectivity index (χ4n) is 2.59. The van der Waals surface area contributed by atoms with E-state index < -0.39 is 0 Å². The van der Waals surface area contributed by atoms with Gasteiger partial charge in [0.05, 0.1) is 24.5 Å². The third kappa shape index (κ3) is 4.05. The van der Waals surface area contributed by atoms with Gasteiger partial charge in [0.2, 0.25) is 0 Å². The van der Waals surface area contributed by atoms with Crippen molar-refractivity contribution in [2.24, 2.45) is 0 Å². The maximum Gasteiger partial charge on any atom is 0.156 e. The molecule has 0 amide bonds. The van der Waals surface area contributed by atoms with Crippen molar-refractivity contribution >= 4 is 5.82 Å². The lowest BCUT2D eigenvalue weighted by molar-refractivity contribution is -0.0232. The van der Waals surface area contributed by atoms with Crippen LogP contribution in [0.1, 0.15) is 36.0 Å². The summed E-state index contributed by atoms with van der Waals surface area (Å²) >= 11 is 0. The molecule has 2 aromatic rings. The van der Waals surface area contributed by atoms with Crippen LogP contribution in [0.15, 0.2) is 16.7 Å². The van der Waals surface area contributed by atoms with Crippen molar-refractivity contribution in [2.45, 2.75) is 32.9 Å². The molecule has 0 aromatic carbocycles. The van der Waals surface area contributed by atoms with Crippen molar-refractivity contribution in [3.8, 4) is 0 Å². The molecule has 7 nitrogen and oxygen atoms in total. The number of morpholine rings is 1. The average Bonchev–Trinajstić information content (AvgIpc) is 3.00. The molecule has 1 fully saturated rings. The van der Waals surface area contributed by atoms with Crippen LogP contribution in [0, 0.1) is 6.92 Å². The molecule has 2 aromatic heterocycles. The first kappa shape index (κ1) is 15.9. The van der Waals surface area contributed by atoms with Gasteiger partial charge in [0.1, 0.15) is 17.7 Å². The minimum absolute atomic E-state index is 0.00651. The summed E-state index contributed by atoms with van der Waals surface area (Å²) in [6.45, 7) is 7.02. The van der Waals surface area contributed by atoms with Crippen molar-refractivity contribution < 1.29 is 9.26 Å². The summed E-state index contributed by atoms with van der Waals surface area (Å²) in [4.78, 5) is 11.2. The maximum absolute atomic E-state index is 5.84. The minimum atomic E-state index is -0.00651. The molecule has 0 aliphatic carbocycles. The molecule has 0 spiro atoms. The number of aromatic nitrogens is 3. The van der Waals surface area contributed by atoms with E-state index in [0.717, 1.165) is 54.9 Å². The van der Waals surface area contributed by atoms with Crippen molar-refractivity contribution in [1.82, 2.24) is 20.0 Å². The highest BCUT2D eigenvalue weighted by atomic mass is 16.5. The molecular formula is C16H23N5O2. The van der Waals surface area contributed by atoms with Gasteiger partial charge in [-0.1, -0.05) is 12.1 Å². The second-order valence-corrected chi connectivity index (χ2v) is 5.84. The van der Waals surface area contributed by atoms with Crippen LogP contribution in [0.4, 0.5) is 5.82 Å². The molecule has 1 aliphatic rings. The SMILES string of the molecule is CCc1cc(CNc2cc([C@H]3CN(C)CCO3)nc(C)n2)on1. The maximum atomic E-state index is 5.84. The van der Waals surface area contributed by atoms with Gasteiger partial charge in [-0.05, 0) is 20.4 Å². The van der Waals surface area contributed by atoms with E-state index in [1.54, 1.807) is 0 Å². The molecular weight excluding hydrogens is 294 g/mol. The summed E-state index contributed by atoms with van der Waals surface area (Å²) in [5.74, 6) is 2.31. The van der Waals surface area contributed by atoms with Gasteiger partial charge >= 0.3 is 0 Å². The molecule has 0 radical (unpaired) electrons. The monoisotopic (exact) mass is 317 g/mol. The van der Waals surface area contributed by atoms with Crippen LogP contribution in [0.5, 0.6) is 0 Å². The normalized spacial score (nSPS) is 19.0. The van der Waals surface area contributed by atoms with E-state index in [0.29, 0.717) is 6.54 Å². The van der Waals surface area contributed by atoms with Crippen LogP contribution >= 0.6 is 0 Å². The quantitative estimate of drug-likeness (QED) is 0.903. The zero-order valence-corrected chi connectivity index (χ0v) is 13.9. The third-order valence-corrected chi connectivity index (χ3v) is 3.87. The smallest absolute Gasteiger partial charge is 0.156 e.